The number of carbonyl (C=O) groups is 2. The number of ether oxygens (including phenoxy) is 1. The van der Waals surface area contributed by atoms with Crippen molar-refractivity contribution in [3.8, 4) is 0 Å². The van der Waals surface area contributed by atoms with Crippen LogP contribution in [0.1, 0.15) is 44.9 Å². The summed E-state index contributed by atoms with van der Waals surface area (Å²) >= 11 is 0. The maximum atomic E-state index is 12.9. The van der Waals surface area contributed by atoms with E-state index in [0.29, 0.717) is 32.7 Å². The van der Waals surface area contributed by atoms with Crippen LogP contribution in [-0.4, -0.2) is 70.3 Å². The molecular formula is C20H30N4O3. The van der Waals surface area contributed by atoms with E-state index in [1.165, 1.54) is 19.3 Å². The average molecular weight is 374 g/mol. The molecule has 2 saturated heterocycles. The third kappa shape index (κ3) is 4.34. The second-order valence-electron chi connectivity index (χ2n) is 8.40. The lowest BCUT2D eigenvalue weighted by Gasteiger charge is -2.33. The number of nitrogens with zero attached hydrogens (tertiary/aromatic N) is 4. The predicted octanol–water partition coefficient (Wildman–Crippen LogP) is 1.68. The van der Waals surface area contributed by atoms with E-state index in [0.717, 1.165) is 25.8 Å². The molecule has 2 amide bonds. The summed E-state index contributed by atoms with van der Waals surface area (Å²) in [6, 6.07) is 1.89. The molecule has 1 saturated carbocycles. The summed E-state index contributed by atoms with van der Waals surface area (Å²) in [6.07, 6.45) is 11.0. The van der Waals surface area contributed by atoms with E-state index in [9.17, 15) is 9.59 Å². The van der Waals surface area contributed by atoms with Crippen LogP contribution in [0.4, 0.5) is 0 Å². The molecule has 1 aromatic rings. The molecule has 148 valence electrons. The van der Waals surface area contributed by atoms with Crippen LogP contribution in [-0.2, 0) is 20.9 Å². The van der Waals surface area contributed by atoms with Crippen LogP contribution in [0, 0.1) is 5.41 Å². The smallest absolute Gasteiger partial charge is 0.242 e. The topological polar surface area (TPSA) is 67.7 Å². The molecule has 7 heteroatoms. The first-order valence-corrected chi connectivity index (χ1v) is 10.3. The van der Waals surface area contributed by atoms with Crippen molar-refractivity contribution in [3.05, 3.63) is 18.5 Å². The number of rotatable bonds is 4. The molecule has 2 aliphatic heterocycles. The number of likely N-dealkylation sites (tertiary alicyclic amines) is 1. The molecule has 3 fully saturated rings. The Bertz CT molecular complexity index is 654. The highest BCUT2D eigenvalue weighted by atomic mass is 16.5. The van der Waals surface area contributed by atoms with Crippen molar-refractivity contribution in [1.29, 1.82) is 0 Å². The zero-order valence-corrected chi connectivity index (χ0v) is 16.0. The van der Waals surface area contributed by atoms with Crippen molar-refractivity contribution < 1.29 is 14.3 Å². The Morgan fingerprint density at radius 1 is 1.26 bits per heavy atom. The molecule has 1 spiro atoms. The highest BCUT2D eigenvalue weighted by molar-refractivity contribution is 5.86. The molecular weight excluding hydrogens is 344 g/mol. The van der Waals surface area contributed by atoms with Crippen LogP contribution in [0.2, 0.25) is 0 Å². The van der Waals surface area contributed by atoms with Gasteiger partial charge in [-0.25, -0.2) is 0 Å². The highest BCUT2D eigenvalue weighted by Crippen LogP contribution is 2.44. The molecule has 0 N–H and O–H groups in total. The fourth-order valence-corrected chi connectivity index (χ4v) is 4.87. The molecule has 4 rings (SSSR count). The van der Waals surface area contributed by atoms with Gasteiger partial charge in [0.25, 0.3) is 0 Å². The molecule has 3 heterocycles. The first-order chi connectivity index (χ1) is 13.1. The monoisotopic (exact) mass is 374 g/mol. The third-order valence-electron chi connectivity index (χ3n) is 6.30. The van der Waals surface area contributed by atoms with Crippen molar-refractivity contribution in [1.82, 2.24) is 19.6 Å². The standard InChI is InChI=1S/C20H30N4O3/c25-18-12-20(6-2-1-3-7-20)16-23(18)15-19(26)22-9-5-11-27-17(13-22)14-24-10-4-8-21-24/h4,8,10,17H,1-3,5-7,9,11-16H2. The first-order valence-electron chi connectivity index (χ1n) is 10.3. The number of carbonyl (C=O) groups excluding carboxylic acids is 2. The summed E-state index contributed by atoms with van der Waals surface area (Å²) in [6.45, 7) is 3.53. The van der Waals surface area contributed by atoms with Crippen LogP contribution >= 0.6 is 0 Å². The van der Waals surface area contributed by atoms with Gasteiger partial charge in [-0.1, -0.05) is 19.3 Å². The van der Waals surface area contributed by atoms with Crippen molar-refractivity contribution in [2.75, 3.05) is 32.8 Å². The zero-order chi connectivity index (χ0) is 18.7. The summed E-state index contributed by atoms with van der Waals surface area (Å²) < 4.78 is 7.75. The van der Waals surface area contributed by atoms with E-state index in [1.807, 2.05) is 26.7 Å². The minimum absolute atomic E-state index is 0.0483. The third-order valence-corrected chi connectivity index (χ3v) is 6.30. The summed E-state index contributed by atoms with van der Waals surface area (Å²) in [5, 5.41) is 4.23. The van der Waals surface area contributed by atoms with E-state index in [4.69, 9.17) is 4.74 Å². The van der Waals surface area contributed by atoms with Crippen LogP contribution in [0.5, 0.6) is 0 Å². The lowest BCUT2D eigenvalue weighted by atomic mass is 9.73. The lowest BCUT2D eigenvalue weighted by Crippen LogP contribution is -2.44. The summed E-state index contributed by atoms with van der Waals surface area (Å²) in [4.78, 5) is 29.1. The van der Waals surface area contributed by atoms with Gasteiger partial charge in [-0.2, -0.15) is 5.10 Å². The Hall–Kier alpha value is -1.89. The summed E-state index contributed by atoms with van der Waals surface area (Å²) in [5.41, 5.74) is 0.139. The van der Waals surface area contributed by atoms with Gasteiger partial charge in [-0.15, -0.1) is 0 Å². The Morgan fingerprint density at radius 2 is 2.11 bits per heavy atom. The van der Waals surface area contributed by atoms with E-state index in [-0.39, 0.29) is 29.9 Å². The van der Waals surface area contributed by atoms with Gasteiger partial charge in [-0.3, -0.25) is 14.3 Å². The number of hydrogen-bond acceptors (Lipinski definition) is 4. The number of hydrogen-bond donors (Lipinski definition) is 0. The summed E-state index contributed by atoms with van der Waals surface area (Å²) in [7, 11) is 0. The summed E-state index contributed by atoms with van der Waals surface area (Å²) in [5.74, 6) is 0.205. The Kier molecular flexibility index (Phi) is 5.48. The zero-order valence-electron chi connectivity index (χ0n) is 16.0. The Balaban J connectivity index is 1.34. The molecule has 27 heavy (non-hydrogen) atoms. The molecule has 1 atom stereocenters. The van der Waals surface area contributed by atoms with E-state index in [2.05, 4.69) is 5.10 Å². The van der Waals surface area contributed by atoms with Gasteiger partial charge in [0.15, 0.2) is 0 Å². The molecule has 1 aromatic heterocycles. The van der Waals surface area contributed by atoms with Crippen molar-refractivity contribution >= 4 is 11.8 Å². The van der Waals surface area contributed by atoms with Gasteiger partial charge in [0, 0.05) is 45.1 Å². The number of amides is 2. The minimum Gasteiger partial charge on any atom is -0.374 e. The van der Waals surface area contributed by atoms with Gasteiger partial charge >= 0.3 is 0 Å². The molecule has 0 aromatic carbocycles. The predicted molar refractivity (Wildman–Crippen MR) is 99.9 cm³/mol. The van der Waals surface area contributed by atoms with Gasteiger partial charge in [0.2, 0.25) is 11.8 Å². The van der Waals surface area contributed by atoms with Crippen molar-refractivity contribution in [3.63, 3.8) is 0 Å². The van der Waals surface area contributed by atoms with E-state index < -0.39 is 0 Å². The largest absolute Gasteiger partial charge is 0.374 e. The molecule has 7 nitrogen and oxygen atoms in total. The quantitative estimate of drug-likeness (QED) is 0.804. The van der Waals surface area contributed by atoms with Crippen molar-refractivity contribution in [2.45, 2.75) is 57.6 Å². The molecule has 0 radical (unpaired) electrons. The Labute approximate surface area is 160 Å². The van der Waals surface area contributed by atoms with Crippen LogP contribution < -0.4 is 0 Å². The fraction of sp³-hybridized carbons (Fsp3) is 0.750. The fourth-order valence-electron chi connectivity index (χ4n) is 4.87. The molecule has 1 aliphatic carbocycles. The van der Waals surface area contributed by atoms with E-state index >= 15 is 0 Å². The van der Waals surface area contributed by atoms with Crippen LogP contribution in [0.15, 0.2) is 18.5 Å². The lowest BCUT2D eigenvalue weighted by molar-refractivity contribution is -0.138. The minimum atomic E-state index is -0.0599. The van der Waals surface area contributed by atoms with Crippen LogP contribution in [0.25, 0.3) is 0 Å². The molecule has 0 bridgehead atoms. The van der Waals surface area contributed by atoms with Gasteiger partial charge in [0.1, 0.15) is 0 Å². The number of aromatic nitrogens is 2. The van der Waals surface area contributed by atoms with Gasteiger partial charge < -0.3 is 14.5 Å². The normalized spacial score (nSPS) is 25.8. The first kappa shape index (κ1) is 18.5. The van der Waals surface area contributed by atoms with Gasteiger partial charge in [-0.05, 0) is 30.7 Å². The highest BCUT2D eigenvalue weighted by Gasteiger charge is 2.44. The van der Waals surface area contributed by atoms with E-state index in [1.54, 1.807) is 6.20 Å². The second kappa shape index (κ2) is 8.00. The maximum Gasteiger partial charge on any atom is 0.242 e. The average Bonchev–Trinajstić information content (AvgIpc) is 3.18. The molecule has 1 unspecified atom stereocenters. The Morgan fingerprint density at radius 3 is 2.89 bits per heavy atom. The molecule has 3 aliphatic rings. The van der Waals surface area contributed by atoms with Gasteiger partial charge in [0.05, 0.1) is 19.2 Å². The maximum absolute atomic E-state index is 12.9. The van der Waals surface area contributed by atoms with Crippen LogP contribution in [0.3, 0.4) is 0 Å². The second-order valence-corrected chi connectivity index (χ2v) is 8.40. The van der Waals surface area contributed by atoms with Crippen molar-refractivity contribution in [2.24, 2.45) is 5.41 Å². The SMILES string of the molecule is O=C(CN1CC2(CCCCC2)CC1=O)N1CCCOC(Cn2cccn2)C1.